The zero-order valence-corrected chi connectivity index (χ0v) is 12.5. The minimum atomic E-state index is -0.292. The summed E-state index contributed by atoms with van der Waals surface area (Å²) in [6.07, 6.45) is 3.86. The summed E-state index contributed by atoms with van der Waals surface area (Å²) in [6.45, 7) is 0. The third kappa shape index (κ3) is 3.73. The summed E-state index contributed by atoms with van der Waals surface area (Å²) in [4.78, 5) is 12.1. The number of hydrogen-bond donors (Lipinski definition) is 1. The maximum absolute atomic E-state index is 12.8. The Bertz CT molecular complexity index is 624. The highest BCUT2D eigenvalue weighted by Crippen LogP contribution is 2.39. The number of hydrogen-bond acceptors (Lipinski definition) is 1. The predicted molar refractivity (Wildman–Crippen MR) is 86.2 cm³/mol. The molecule has 1 amide bonds. The third-order valence-corrected chi connectivity index (χ3v) is 4.41. The number of anilines is 1. The van der Waals surface area contributed by atoms with Crippen LogP contribution in [0.15, 0.2) is 54.6 Å². The van der Waals surface area contributed by atoms with Crippen molar-refractivity contribution in [2.75, 3.05) is 5.32 Å². The van der Waals surface area contributed by atoms with Crippen LogP contribution in [0.3, 0.4) is 0 Å². The molecule has 1 aliphatic carbocycles. The van der Waals surface area contributed by atoms with Crippen LogP contribution in [0, 0.1) is 11.7 Å². The summed E-state index contributed by atoms with van der Waals surface area (Å²) < 4.78 is 12.8. The molecule has 1 unspecified atom stereocenters. The van der Waals surface area contributed by atoms with Gasteiger partial charge in [-0.3, -0.25) is 4.79 Å². The molecule has 2 atom stereocenters. The normalized spacial score (nSPS) is 20.8. The lowest BCUT2D eigenvalue weighted by atomic mass is 9.95. The number of amides is 1. The summed E-state index contributed by atoms with van der Waals surface area (Å²) >= 11 is 0. The summed E-state index contributed by atoms with van der Waals surface area (Å²) in [5.74, 6) is 0.736. The Hall–Kier alpha value is -2.16. The second-order valence-corrected chi connectivity index (χ2v) is 6.05. The van der Waals surface area contributed by atoms with E-state index in [1.165, 1.54) is 17.7 Å². The first-order valence-electron chi connectivity index (χ1n) is 7.81. The highest BCUT2D eigenvalue weighted by Gasteiger charge is 2.27. The van der Waals surface area contributed by atoms with Crippen LogP contribution in [0.5, 0.6) is 0 Å². The molecule has 0 saturated heterocycles. The van der Waals surface area contributed by atoms with Gasteiger partial charge in [0.15, 0.2) is 0 Å². The lowest BCUT2D eigenvalue weighted by Crippen LogP contribution is -2.15. The monoisotopic (exact) mass is 297 g/mol. The van der Waals surface area contributed by atoms with E-state index >= 15 is 0 Å². The zero-order valence-electron chi connectivity index (χ0n) is 12.5. The topological polar surface area (TPSA) is 29.1 Å². The molecule has 0 heterocycles. The molecule has 3 rings (SSSR count). The number of carbonyl (C=O) groups is 1. The van der Waals surface area contributed by atoms with Gasteiger partial charge in [0.25, 0.3) is 0 Å². The Morgan fingerprint density at radius 1 is 1.05 bits per heavy atom. The van der Waals surface area contributed by atoms with Crippen molar-refractivity contribution in [3.63, 3.8) is 0 Å². The van der Waals surface area contributed by atoms with E-state index in [4.69, 9.17) is 0 Å². The van der Waals surface area contributed by atoms with E-state index in [2.05, 4.69) is 29.6 Å². The van der Waals surface area contributed by atoms with Crippen molar-refractivity contribution < 1.29 is 9.18 Å². The quantitative estimate of drug-likeness (QED) is 0.867. The molecule has 2 aromatic carbocycles. The van der Waals surface area contributed by atoms with Crippen LogP contribution in [-0.4, -0.2) is 5.91 Å². The molecule has 0 aliphatic heterocycles. The van der Waals surface area contributed by atoms with Crippen LogP contribution in [0.25, 0.3) is 0 Å². The molecule has 2 aromatic rings. The molecular weight excluding hydrogens is 277 g/mol. The van der Waals surface area contributed by atoms with Crippen LogP contribution < -0.4 is 5.32 Å². The minimum absolute atomic E-state index is 0.0188. The van der Waals surface area contributed by atoms with Gasteiger partial charge in [-0.15, -0.1) is 0 Å². The molecule has 1 saturated carbocycles. The maximum Gasteiger partial charge on any atom is 0.224 e. The van der Waals surface area contributed by atoms with E-state index < -0.39 is 0 Å². The van der Waals surface area contributed by atoms with E-state index in [9.17, 15) is 9.18 Å². The van der Waals surface area contributed by atoms with Crippen LogP contribution in [0.1, 0.15) is 37.2 Å². The van der Waals surface area contributed by atoms with Crippen molar-refractivity contribution in [2.45, 2.75) is 31.6 Å². The highest BCUT2D eigenvalue weighted by atomic mass is 19.1. The summed E-state index contributed by atoms with van der Waals surface area (Å²) in [7, 11) is 0. The smallest absolute Gasteiger partial charge is 0.224 e. The number of nitrogens with one attached hydrogen (secondary N) is 1. The largest absolute Gasteiger partial charge is 0.326 e. The fourth-order valence-corrected chi connectivity index (χ4v) is 3.30. The highest BCUT2D eigenvalue weighted by molar-refractivity contribution is 5.90. The molecule has 0 bridgehead atoms. The second-order valence-electron chi connectivity index (χ2n) is 6.05. The molecule has 1 fully saturated rings. The van der Waals surface area contributed by atoms with E-state index in [0.29, 0.717) is 23.9 Å². The first kappa shape index (κ1) is 14.8. The second kappa shape index (κ2) is 6.73. The first-order valence-corrected chi connectivity index (χ1v) is 7.81. The third-order valence-electron chi connectivity index (χ3n) is 4.41. The van der Waals surface area contributed by atoms with Gasteiger partial charge in [-0.1, -0.05) is 30.3 Å². The van der Waals surface area contributed by atoms with E-state index in [0.717, 1.165) is 19.3 Å². The number of rotatable bonds is 4. The molecule has 2 nitrogen and oxygen atoms in total. The number of carbonyl (C=O) groups excluding carboxylic acids is 1. The Kier molecular flexibility index (Phi) is 4.52. The van der Waals surface area contributed by atoms with Gasteiger partial charge >= 0.3 is 0 Å². The van der Waals surface area contributed by atoms with Crippen LogP contribution in [0.2, 0.25) is 0 Å². The summed E-state index contributed by atoms with van der Waals surface area (Å²) in [6, 6.07) is 16.4. The number of halogens is 1. The molecule has 0 spiro atoms. The molecule has 114 valence electrons. The van der Waals surface area contributed by atoms with Crippen molar-refractivity contribution in [2.24, 2.45) is 5.92 Å². The van der Waals surface area contributed by atoms with Gasteiger partial charge < -0.3 is 5.32 Å². The Labute approximate surface area is 130 Å². The lowest BCUT2D eigenvalue weighted by molar-refractivity contribution is -0.117. The molecule has 0 radical (unpaired) electrons. The van der Waals surface area contributed by atoms with E-state index in [-0.39, 0.29) is 11.7 Å². The standard InChI is InChI=1S/C19H20FNO/c20-17-8-10-18(11-9-17)21-19(22)13-14-6-7-16(12-14)15-4-2-1-3-5-15/h1-5,8-11,14,16H,6-7,12-13H2,(H,21,22)/t14-,16?/m0/s1. The van der Waals surface area contributed by atoms with Crippen molar-refractivity contribution in [3.05, 3.63) is 66.0 Å². The van der Waals surface area contributed by atoms with Gasteiger partial charge in [-0.05, 0) is 60.9 Å². The average Bonchev–Trinajstić information content (AvgIpc) is 2.99. The lowest BCUT2D eigenvalue weighted by Gasteiger charge is -2.12. The van der Waals surface area contributed by atoms with Gasteiger partial charge in [0, 0.05) is 12.1 Å². The zero-order chi connectivity index (χ0) is 15.4. The minimum Gasteiger partial charge on any atom is -0.326 e. The SMILES string of the molecule is O=C(C[C@H]1CCC(c2ccccc2)C1)Nc1ccc(F)cc1. The Morgan fingerprint density at radius 3 is 2.50 bits per heavy atom. The van der Waals surface area contributed by atoms with Gasteiger partial charge in [0.2, 0.25) is 5.91 Å². The van der Waals surface area contributed by atoms with Crippen molar-refractivity contribution in [1.29, 1.82) is 0 Å². The van der Waals surface area contributed by atoms with Crippen LogP contribution in [-0.2, 0) is 4.79 Å². The molecule has 1 N–H and O–H groups in total. The predicted octanol–water partition coefficient (Wildman–Crippen LogP) is 4.74. The summed E-state index contributed by atoms with van der Waals surface area (Å²) in [5.41, 5.74) is 2.04. The fourth-order valence-electron chi connectivity index (χ4n) is 3.30. The fraction of sp³-hybridized carbons (Fsp3) is 0.316. The molecule has 0 aromatic heterocycles. The van der Waals surface area contributed by atoms with Crippen molar-refractivity contribution >= 4 is 11.6 Å². The first-order chi connectivity index (χ1) is 10.7. The molecular formula is C19H20FNO. The Balaban J connectivity index is 1.51. The van der Waals surface area contributed by atoms with Crippen molar-refractivity contribution in [3.8, 4) is 0 Å². The van der Waals surface area contributed by atoms with Gasteiger partial charge in [-0.25, -0.2) is 4.39 Å². The van der Waals surface area contributed by atoms with Crippen LogP contribution >= 0.6 is 0 Å². The molecule has 3 heteroatoms. The molecule has 1 aliphatic rings. The maximum atomic E-state index is 12.8. The van der Waals surface area contributed by atoms with Gasteiger partial charge in [0.05, 0.1) is 0 Å². The van der Waals surface area contributed by atoms with Gasteiger partial charge in [0.1, 0.15) is 5.82 Å². The average molecular weight is 297 g/mol. The Morgan fingerprint density at radius 2 is 1.77 bits per heavy atom. The van der Waals surface area contributed by atoms with Gasteiger partial charge in [-0.2, -0.15) is 0 Å². The van der Waals surface area contributed by atoms with Crippen LogP contribution in [0.4, 0.5) is 10.1 Å². The number of benzene rings is 2. The van der Waals surface area contributed by atoms with E-state index in [1.807, 2.05) is 6.07 Å². The molecule has 22 heavy (non-hydrogen) atoms. The van der Waals surface area contributed by atoms with E-state index in [1.54, 1.807) is 12.1 Å². The summed E-state index contributed by atoms with van der Waals surface area (Å²) in [5, 5.41) is 2.85. The van der Waals surface area contributed by atoms with Crippen molar-refractivity contribution in [1.82, 2.24) is 0 Å².